The number of fused-ring (bicyclic) bond motifs is 3. The standard InChI is InChI=1S/C65H92N8O5.4C2H6.CH3NO/c1-17-45(53-36-68-60(70-53)44(11)73(65(14)32-40(65)7)61(74)50(18-2)47-26-28-78-64(12,13)33-47)24-25-51-41(8)42(9)57-56-38(5)29-48(30-49(56)31-52(58(51)57)39(6)34-66-43(10)46-22-23-46)54-35-67-55(69-54)21-19-20-27-72(15)62(75)59(37(3)4)71-63(76)77-16;4*1-2;2-1-3/h17,24-25,29-30,34-37,40-41,44,46-47,50,52,58-59H,1,18-23,26-28,31-33H2,2-16H3,(H,67,69)(H,68,70)(H,71,76);4*1-2H3;1H,(H2,2,3)/b39-34+,45-24+,51-25+,66-43?;;;;;/t40?,41?,44?,47?,50?,52?,58?,59?,65-;;;;;/m0...../s1. The Morgan fingerprint density at radius 1 is 0.944 bits per heavy atom. The van der Waals surface area contributed by atoms with E-state index in [1.165, 1.54) is 64.6 Å². The number of aromatic amines is 2. The minimum absolute atomic E-state index is 0.0649. The van der Waals surface area contributed by atoms with Gasteiger partial charge >= 0.3 is 6.09 Å². The molecule has 4 aliphatic carbocycles. The number of H-pyrrole nitrogens is 2. The summed E-state index contributed by atoms with van der Waals surface area (Å²) in [6.45, 7) is 50.0. The molecular formula is C74H119N9O6. The molecule has 5 N–H and O–H groups in total. The van der Waals surface area contributed by atoms with E-state index in [4.69, 9.17) is 29.2 Å². The van der Waals surface area contributed by atoms with Gasteiger partial charge in [-0.25, -0.2) is 14.8 Å². The average Bonchev–Trinajstić information content (AvgIpc) is 1.67. The van der Waals surface area contributed by atoms with E-state index < -0.39 is 12.1 Å². The SMILES string of the molecule is C=C/C(=C\C=C1/C(C)C(C)=C2c3c(C)cc(-c4cnc(CCCCN(C)C(=O)C(NC(=O)OC)C(C)C)[nH]4)cc3CC(/C(C)=C/N=C(C)C3CC3)C21)c1cnc(C(C)N(C(=O)C(CC)C2CCOC(C)(C)C2)[C@@]2(C)CC2C)[nH]1.CC.CC.CC.CC.NC=O. The molecule has 1 aromatic carbocycles. The summed E-state index contributed by atoms with van der Waals surface area (Å²) in [5.74, 6) is 3.59. The number of benzene rings is 1. The maximum Gasteiger partial charge on any atom is 0.407 e. The number of allylic oxidation sites excluding steroid dienone is 8. The summed E-state index contributed by atoms with van der Waals surface area (Å²) in [4.78, 5) is 74.7. The van der Waals surface area contributed by atoms with Gasteiger partial charge in [0.05, 0.1) is 42.5 Å². The Balaban J connectivity index is 0.00000177. The van der Waals surface area contributed by atoms with Gasteiger partial charge in [0.25, 0.3) is 0 Å². The van der Waals surface area contributed by atoms with Crippen LogP contribution in [0.3, 0.4) is 0 Å². The monoisotopic (exact) mass is 1230 g/mol. The van der Waals surface area contributed by atoms with Crippen molar-refractivity contribution >= 4 is 41.2 Å². The van der Waals surface area contributed by atoms with Gasteiger partial charge in [0, 0.05) is 61.5 Å². The summed E-state index contributed by atoms with van der Waals surface area (Å²) < 4.78 is 10.9. The summed E-state index contributed by atoms with van der Waals surface area (Å²) in [7, 11) is 3.09. The van der Waals surface area contributed by atoms with Crippen molar-refractivity contribution in [1.29, 1.82) is 0 Å². The van der Waals surface area contributed by atoms with Crippen LogP contribution < -0.4 is 11.1 Å². The molecule has 3 aromatic rings. The molecule has 2 saturated carbocycles. The average molecular weight is 1230 g/mol. The Morgan fingerprint density at radius 3 is 2.15 bits per heavy atom. The van der Waals surface area contributed by atoms with Crippen molar-refractivity contribution in [3.63, 3.8) is 0 Å². The number of rotatable bonds is 21. The van der Waals surface area contributed by atoms with E-state index >= 15 is 0 Å². The van der Waals surface area contributed by atoms with Gasteiger partial charge in [-0.2, -0.15) is 0 Å². The molecule has 15 nitrogen and oxygen atoms in total. The fourth-order valence-electron chi connectivity index (χ4n) is 13.3. The van der Waals surface area contributed by atoms with Crippen molar-refractivity contribution < 1.29 is 28.7 Å². The molecule has 496 valence electrons. The molecule has 89 heavy (non-hydrogen) atoms. The maximum absolute atomic E-state index is 14.9. The first-order chi connectivity index (χ1) is 42.4. The Hall–Kier alpha value is -6.35. The minimum Gasteiger partial charge on any atom is -0.453 e. The number of methoxy groups -OCH3 is 1. The smallest absolute Gasteiger partial charge is 0.407 e. The lowest BCUT2D eigenvalue weighted by Crippen LogP contribution is -2.50. The number of aryl methyl sites for hydroxylation is 2. The number of nitrogens with zero attached hydrogens (tertiary/aromatic N) is 5. The Kier molecular flexibility index (Phi) is 31.0. The number of imidazole rings is 2. The predicted molar refractivity (Wildman–Crippen MR) is 370 cm³/mol. The predicted octanol–water partition coefficient (Wildman–Crippen LogP) is 16.6. The van der Waals surface area contributed by atoms with Crippen LogP contribution in [0.2, 0.25) is 0 Å². The third-order valence-electron chi connectivity index (χ3n) is 18.7. The number of primary amides is 1. The molecule has 0 radical (unpaired) electrons. The second kappa shape index (κ2) is 35.9. The third-order valence-corrected chi connectivity index (χ3v) is 18.7. The first-order valence-corrected chi connectivity index (χ1v) is 33.8. The number of aliphatic imine (C=N–C) groups is 1. The number of carbonyl (C=O) groups excluding carboxylic acids is 4. The molecular weight excluding hydrogens is 1110 g/mol. The number of hydrogen-bond donors (Lipinski definition) is 4. The summed E-state index contributed by atoms with van der Waals surface area (Å²) in [6, 6.07) is 3.83. The van der Waals surface area contributed by atoms with Gasteiger partial charge < -0.3 is 40.3 Å². The first kappa shape index (κ1) is 76.9. The number of aromatic nitrogens is 4. The molecule has 0 bridgehead atoms. The number of carbonyl (C=O) groups is 4. The molecule has 1 aliphatic heterocycles. The number of nitrogens with one attached hydrogen (secondary N) is 3. The van der Waals surface area contributed by atoms with Crippen LogP contribution in [-0.2, 0) is 36.7 Å². The van der Waals surface area contributed by atoms with Crippen LogP contribution in [-0.4, -0.2) is 104 Å². The fourth-order valence-corrected chi connectivity index (χ4v) is 13.3. The van der Waals surface area contributed by atoms with Crippen LogP contribution in [0.15, 0.2) is 77.2 Å². The van der Waals surface area contributed by atoms with Crippen LogP contribution in [0.25, 0.3) is 22.4 Å². The largest absolute Gasteiger partial charge is 0.453 e. The molecule has 15 heteroatoms. The van der Waals surface area contributed by atoms with Crippen molar-refractivity contribution in [2.45, 2.75) is 233 Å². The van der Waals surface area contributed by atoms with Crippen LogP contribution in [0.4, 0.5) is 4.79 Å². The Morgan fingerprint density at radius 2 is 1.58 bits per heavy atom. The molecule has 3 fully saturated rings. The second-order valence-corrected chi connectivity index (χ2v) is 25.2. The normalized spacial score (nSPS) is 23.0. The van der Waals surface area contributed by atoms with E-state index in [1.807, 2.05) is 87.7 Å². The zero-order chi connectivity index (χ0) is 67.2. The Labute approximate surface area is 538 Å². The van der Waals surface area contributed by atoms with Crippen molar-refractivity contribution in [2.75, 3.05) is 27.3 Å². The van der Waals surface area contributed by atoms with E-state index in [1.54, 1.807) is 11.9 Å². The van der Waals surface area contributed by atoms with Gasteiger partial charge in [-0.3, -0.25) is 19.4 Å². The number of likely N-dealkylation sites (N-methyl/N-ethyl adjacent to an activating group) is 1. The zero-order valence-corrected chi connectivity index (χ0v) is 59.4. The van der Waals surface area contributed by atoms with Crippen molar-refractivity contribution in [3.8, 4) is 11.3 Å². The van der Waals surface area contributed by atoms with Gasteiger partial charge in [-0.1, -0.05) is 132 Å². The number of hydrogen-bond acceptors (Lipinski definition) is 9. The minimum atomic E-state index is -0.644. The summed E-state index contributed by atoms with van der Waals surface area (Å²) >= 11 is 0. The van der Waals surface area contributed by atoms with E-state index in [0.717, 1.165) is 85.5 Å². The molecule has 2 aromatic heterocycles. The quantitative estimate of drug-likeness (QED) is 0.0349. The van der Waals surface area contributed by atoms with Gasteiger partial charge in [0.1, 0.15) is 17.7 Å². The van der Waals surface area contributed by atoms with Crippen molar-refractivity contribution in [2.24, 2.45) is 58.1 Å². The van der Waals surface area contributed by atoms with E-state index in [9.17, 15) is 14.4 Å². The highest BCUT2D eigenvalue weighted by atomic mass is 16.5. The topological polar surface area (TPSA) is 201 Å². The highest BCUT2D eigenvalue weighted by Crippen LogP contribution is 2.57. The highest BCUT2D eigenvalue weighted by molar-refractivity contribution is 5.88. The fraction of sp³-hybridized carbons (Fsp3) is 0.635. The number of ether oxygens (including phenoxy) is 2. The lowest BCUT2D eigenvalue weighted by Gasteiger charge is -2.42. The molecule has 4 amide bonds. The number of alkyl carbamates (subject to hydrolysis) is 1. The molecule has 8 rings (SSSR count). The third kappa shape index (κ3) is 19.1. The van der Waals surface area contributed by atoms with E-state index in [0.29, 0.717) is 25.0 Å². The van der Waals surface area contributed by atoms with E-state index in [2.05, 4.69) is 139 Å². The number of nitrogens with two attached hydrogens (primary N) is 1. The van der Waals surface area contributed by atoms with Crippen LogP contribution in [0, 0.1) is 54.3 Å². The molecule has 3 heterocycles. The van der Waals surface area contributed by atoms with Crippen LogP contribution in [0.5, 0.6) is 0 Å². The van der Waals surface area contributed by atoms with Gasteiger partial charge in [-0.05, 0) is 189 Å². The Bertz CT molecular complexity index is 2950. The summed E-state index contributed by atoms with van der Waals surface area (Å²) in [5.41, 5.74) is 18.4. The van der Waals surface area contributed by atoms with Crippen molar-refractivity contribution in [3.05, 3.63) is 106 Å². The van der Waals surface area contributed by atoms with Crippen molar-refractivity contribution in [1.82, 2.24) is 35.1 Å². The zero-order valence-electron chi connectivity index (χ0n) is 59.4. The van der Waals surface area contributed by atoms with E-state index in [-0.39, 0.29) is 70.9 Å². The summed E-state index contributed by atoms with van der Waals surface area (Å²) in [6.07, 6.45) is 21.5. The van der Waals surface area contributed by atoms with Crippen LogP contribution >= 0.6 is 0 Å². The maximum atomic E-state index is 14.9. The van der Waals surface area contributed by atoms with Gasteiger partial charge in [0.15, 0.2) is 0 Å². The second-order valence-electron chi connectivity index (χ2n) is 25.2. The highest BCUT2D eigenvalue weighted by Gasteiger charge is 2.56. The molecule has 0 spiro atoms. The molecule has 5 aliphatic rings. The van der Waals surface area contributed by atoms with Crippen LogP contribution in [0.1, 0.15) is 230 Å². The number of amides is 4. The lowest BCUT2D eigenvalue weighted by atomic mass is 9.67. The molecule has 8 unspecified atom stereocenters. The molecule has 9 atom stereocenters. The first-order valence-electron chi connectivity index (χ1n) is 33.8. The lowest BCUT2D eigenvalue weighted by molar-refractivity contribution is -0.148. The number of unbranched alkanes of at least 4 members (excludes halogenated alkanes) is 1. The summed E-state index contributed by atoms with van der Waals surface area (Å²) in [5, 5.41) is 2.69. The molecule has 1 saturated heterocycles. The van der Waals surface area contributed by atoms with Gasteiger partial charge in [0.2, 0.25) is 18.2 Å². The van der Waals surface area contributed by atoms with Gasteiger partial charge in [-0.15, -0.1) is 0 Å².